The summed E-state index contributed by atoms with van der Waals surface area (Å²) < 4.78 is 0. The van der Waals surface area contributed by atoms with Crippen molar-refractivity contribution in [2.45, 2.75) is 6.92 Å². The van der Waals surface area contributed by atoms with E-state index in [-0.39, 0.29) is 5.03 Å². The lowest BCUT2D eigenvalue weighted by molar-refractivity contribution is -0.112. The molecule has 0 aromatic carbocycles. The minimum atomic E-state index is -0.431. The van der Waals surface area contributed by atoms with Gasteiger partial charge in [-0.05, 0) is 24.6 Å². The maximum Gasteiger partial charge on any atom is 0.267 e. The number of amides is 1. The number of hydrogen-bond donors (Lipinski definition) is 1. The van der Waals surface area contributed by atoms with Crippen LogP contribution in [0, 0.1) is 6.92 Å². The van der Waals surface area contributed by atoms with Crippen molar-refractivity contribution in [3.63, 3.8) is 0 Å². The molecule has 1 heterocycles. The van der Waals surface area contributed by atoms with Crippen LogP contribution >= 0.6 is 11.6 Å². The van der Waals surface area contributed by atoms with Crippen LogP contribution in [0.4, 0.5) is 5.82 Å². The van der Waals surface area contributed by atoms with Gasteiger partial charge >= 0.3 is 0 Å². The van der Waals surface area contributed by atoms with Gasteiger partial charge in [0.2, 0.25) is 0 Å². The molecule has 1 rings (SSSR count). The van der Waals surface area contributed by atoms with Crippen LogP contribution in [0.25, 0.3) is 0 Å². The highest BCUT2D eigenvalue weighted by molar-refractivity contribution is 6.43. The molecule has 0 saturated heterocycles. The number of carbonyl (C=O) groups is 1. The third kappa shape index (κ3) is 2.87. The van der Waals surface area contributed by atoms with Crippen LogP contribution in [-0.4, -0.2) is 10.9 Å². The third-order valence-electron chi connectivity index (χ3n) is 1.40. The van der Waals surface area contributed by atoms with E-state index in [0.29, 0.717) is 5.82 Å². The summed E-state index contributed by atoms with van der Waals surface area (Å²) in [5.74, 6) is 0.0477. The van der Waals surface area contributed by atoms with Gasteiger partial charge in [-0.3, -0.25) is 4.79 Å². The predicted molar refractivity (Wildman–Crippen MR) is 52.6 cm³/mol. The lowest BCUT2D eigenvalue weighted by Gasteiger charge is -2.02. The van der Waals surface area contributed by atoms with Crippen molar-refractivity contribution >= 4 is 23.3 Å². The zero-order valence-electron chi connectivity index (χ0n) is 7.17. The van der Waals surface area contributed by atoms with E-state index in [2.05, 4.69) is 16.9 Å². The van der Waals surface area contributed by atoms with Gasteiger partial charge in [-0.15, -0.1) is 0 Å². The van der Waals surface area contributed by atoms with E-state index in [1.807, 2.05) is 13.0 Å². The number of anilines is 1. The molecule has 0 radical (unpaired) electrons. The molecule has 0 atom stereocenters. The topological polar surface area (TPSA) is 42.0 Å². The second-order valence-electron chi connectivity index (χ2n) is 2.58. The molecule has 0 saturated carbocycles. The molecule has 4 heteroatoms. The number of halogens is 1. The first kappa shape index (κ1) is 9.74. The lowest BCUT2D eigenvalue weighted by atomic mass is 10.3. The molecule has 1 amide bonds. The van der Waals surface area contributed by atoms with E-state index in [0.717, 1.165) is 5.56 Å². The van der Waals surface area contributed by atoms with Crippen LogP contribution in [0.5, 0.6) is 0 Å². The van der Waals surface area contributed by atoms with Crippen LogP contribution in [0.2, 0.25) is 0 Å². The number of aromatic nitrogens is 1. The van der Waals surface area contributed by atoms with Gasteiger partial charge < -0.3 is 5.32 Å². The zero-order chi connectivity index (χ0) is 9.84. The summed E-state index contributed by atoms with van der Waals surface area (Å²) in [5, 5.41) is 2.45. The normalized spacial score (nSPS) is 9.38. The fourth-order valence-electron chi connectivity index (χ4n) is 0.789. The van der Waals surface area contributed by atoms with Gasteiger partial charge in [0.1, 0.15) is 5.82 Å². The number of pyridine rings is 1. The highest BCUT2D eigenvalue weighted by Gasteiger charge is 2.04. The zero-order valence-corrected chi connectivity index (χ0v) is 7.93. The van der Waals surface area contributed by atoms with Crippen molar-refractivity contribution in [3.05, 3.63) is 35.5 Å². The molecule has 0 fully saturated rings. The van der Waals surface area contributed by atoms with Crippen molar-refractivity contribution in [1.82, 2.24) is 4.98 Å². The Kier molecular flexibility index (Phi) is 3.03. The molecule has 0 unspecified atom stereocenters. The molecule has 68 valence electrons. The Morgan fingerprint density at radius 3 is 2.92 bits per heavy atom. The Labute approximate surface area is 81.4 Å². The maximum absolute atomic E-state index is 11.0. The summed E-state index contributed by atoms with van der Waals surface area (Å²) in [7, 11) is 0. The molecule has 0 bridgehead atoms. The van der Waals surface area contributed by atoms with E-state index >= 15 is 0 Å². The lowest BCUT2D eigenvalue weighted by Crippen LogP contribution is -2.11. The standard InChI is InChI=1S/C9H9ClN2O/c1-6-3-4-11-8(5-6)12-9(13)7(2)10/h3-5H,2H2,1H3,(H,11,12,13). The second-order valence-corrected chi connectivity index (χ2v) is 3.03. The van der Waals surface area contributed by atoms with Gasteiger partial charge in [0.15, 0.2) is 0 Å². The fraction of sp³-hybridized carbons (Fsp3) is 0.111. The van der Waals surface area contributed by atoms with E-state index in [1.165, 1.54) is 0 Å². The molecule has 1 aromatic rings. The summed E-state index contributed by atoms with van der Waals surface area (Å²) in [5.41, 5.74) is 1.02. The number of rotatable bonds is 2. The van der Waals surface area contributed by atoms with Crippen LogP contribution < -0.4 is 5.32 Å². The number of nitrogens with zero attached hydrogens (tertiary/aromatic N) is 1. The van der Waals surface area contributed by atoms with Gasteiger partial charge in [-0.25, -0.2) is 4.98 Å². The first-order valence-electron chi connectivity index (χ1n) is 3.68. The van der Waals surface area contributed by atoms with Crippen molar-refractivity contribution in [3.8, 4) is 0 Å². The van der Waals surface area contributed by atoms with Gasteiger partial charge in [-0.1, -0.05) is 18.2 Å². The molecule has 3 nitrogen and oxygen atoms in total. The van der Waals surface area contributed by atoms with Crippen LogP contribution in [0.3, 0.4) is 0 Å². The Hall–Kier alpha value is -1.35. The smallest absolute Gasteiger partial charge is 0.267 e. The van der Waals surface area contributed by atoms with Crippen molar-refractivity contribution < 1.29 is 4.79 Å². The summed E-state index contributed by atoms with van der Waals surface area (Å²) in [6.07, 6.45) is 1.61. The maximum atomic E-state index is 11.0. The summed E-state index contributed by atoms with van der Waals surface area (Å²) in [6, 6.07) is 3.59. The number of hydrogen-bond acceptors (Lipinski definition) is 2. The Balaban J connectivity index is 2.75. The highest BCUT2D eigenvalue weighted by atomic mass is 35.5. The summed E-state index contributed by atoms with van der Waals surface area (Å²) >= 11 is 5.38. The van der Waals surface area contributed by atoms with Gasteiger partial charge in [0.25, 0.3) is 5.91 Å². The van der Waals surface area contributed by atoms with E-state index in [1.54, 1.807) is 12.3 Å². The SMILES string of the molecule is C=C(Cl)C(=O)Nc1cc(C)ccn1. The Morgan fingerprint density at radius 2 is 2.38 bits per heavy atom. The average molecular weight is 197 g/mol. The van der Waals surface area contributed by atoms with Crippen molar-refractivity contribution in [2.75, 3.05) is 5.32 Å². The average Bonchev–Trinajstić information content (AvgIpc) is 2.04. The van der Waals surface area contributed by atoms with Gasteiger partial charge in [-0.2, -0.15) is 0 Å². The molecule has 0 spiro atoms. The number of nitrogens with one attached hydrogen (secondary N) is 1. The van der Waals surface area contributed by atoms with E-state index in [9.17, 15) is 4.79 Å². The first-order valence-corrected chi connectivity index (χ1v) is 4.06. The predicted octanol–water partition coefficient (Wildman–Crippen LogP) is 2.08. The Morgan fingerprint density at radius 1 is 1.69 bits per heavy atom. The first-order chi connectivity index (χ1) is 6.09. The molecule has 0 aliphatic carbocycles. The highest BCUT2D eigenvalue weighted by Crippen LogP contribution is 2.07. The molecule has 0 aliphatic rings. The molecular formula is C9H9ClN2O. The van der Waals surface area contributed by atoms with Crippen LogP contribution in [0.15, 0.2) is 29.9 Å². The van der Waals surface area contributed by atoms with Crippen LogP contribution in [-0.2, 0) is 4.79 Å². The number of aryl methyl sites for hydroxylation is 1. The summed E-state index contributed by atoms with van der Waals surface area (Å²) in [6.45, 7) is 5.21. The Bertz CT molecular complexity index is 349. The molecular weight excluding hydrogens is 188 g/mol. The van der Waals surface area contributed by atoms with Crippen molar-refractivity contribution in [2.24, 2.45) is 0 Å². The van der Waals surface area contributed by atoms with E-state index < -0.39 is 5.91 Å². The quantitative estimate of drug-likeness (QED) is 0.736. The summed E-state index contributed by atoms with van der Waals surface area (Å²) in [4.78, 5) is 15.0. The van der Waals surface area contributed by atoms with E-state index in [4.69, 9.17) is 11.6 Å². The van der Waals surface area contributed by atoms with Crippen LogP contribution in [0.1, 0.15) is 5.56 Å². The van der Waals surface area contributed by atoms with Crippen molar-refractivity contribution in [1.29, 1.82) is 0 Å². The molecule has 1 N–H and O–H groups in total. The van der Waals surface area contributed by atoms with Gasteiger partial charge in [0, 0.05) is 6.20 Å². The molecule has 1 aromatic heterocycles. The second kappa shape index (κ2) is 4.05. The largest absolute Gasteiger partial charge is 0.306 e. The third-order valence-corrected chi connectivity index (χ3v) is 1.58. The minimum Gasteiger partial charge on any atom is -0.306 e. The van der Waals surface area contributed by atoms with Gasteiger partial charge in [0.05, 0.1) is 5.03 Å². The number of carbonyl (C=O) groups excluding carboxylic acids is 1. The molecule has 13 heavy (non-hydrogen) atoms. The molecule has 0 aliphatic heterocycles. The monoisotopic (exact) mass is 196 g/mol. The minimum absolute atomic E-state index is 0.0525. The fourth-order valence-corrected chi connectivity index (χ4v) is 0.836.